The van der Waals surface area contributed by atoms with Gasteiger partial charge in [-0.1, -0.05) is 31.2 Å². The number of halogens is 1. The summed E-state index contributed by atoms with van der Waals surface area (Å²) >= 11 is 0. The molecule has 0 aliphatic carbocycles. The molecule has 0 fully saturated rings. The smallest absolute Gasteiger partial charge is 0.319 e. The second-order valence-electron chi connectivity index (χ2n) is 4.89. The summed E-state index contributed by atoms with van der Waals surface area (Å²) in [5.74, 6) is -1.03. The fourth-order valence-electron chi connectivity index (χ4n) is 1.92. The number of carbonyl (C=O) groups is 2. The molecule has 6 heteroatoms. The third kappa shape index (κ3) is 5.10. The van der Waals surface area contributed by atoms with Gasteiger partial charge in [-0.25, -0.2) is 9.18 Å². The fourth-order valence-corrected chi connectivity index (χ4v) is 1.92. The molecule has 0 unspecified atom stereocenters. The van der Waals surface area contributed by atoms with E-state index in [1.807, 2.05) is 19.1 Å². The van der Waals surface area contributed by atoms with Crippen molar-refractivity contribution >= 4 is 23.3 Å². The highest BCUT2D eigenvalue weighted by Crippen LogP contribution is 2.12. The number of rotatable bonds is 5. The molecule has 2 aromatic carbocycles. The van der Waals surface area contributed by atoms with Gasteiger partial charge in [0, 0.05) is 5.69 Å². The molecule has 0 aliphatic heterocycles. The van der Waals surface area contributed by atoms with Crippen LogP contribution in [0, 0.1) is 5.82 Å². The second kappa shape index (κ2) is 7.93. The van der Waals surface area contributed by atoms with Crippen molar-refractivity contribution < 1.29 is 14.0 Å². The third-order valence-corrected chi connectivity index (χ3v) is 3.18. The molecule has 0 aliphatic rings. The number of amides is 3. The molecule has 3 amide bonds. The van der Waals surface area contributed by atoms with Gasteiger partial charge in [-0.3, -0.25) is 4.79 Å². The van der Waals surface area contributed by atoms with E-state index in [2.05, 4.69) is 16.0 Å². The summed E-state index contributed by atoms with van der Waals surface area (Å²) in [6.07, 6.45) is 0.919. The number of carbonyl (C=O) groups excluding carboxylic acids is 2. The number of para-hydroxylation sites is 1. The lowest BCUT2D eigenvalue weighted by Crippen LogP contribution is -2.35. The van der Waals surface area contributed by atoms with Gasteiger partial charge in [0.2, 0.25) is 5.91 Å². The molecule has 23 heavy (non-hydrogen) atoms. The van der Waals surface area contributed by atoms with Gasteiger partial charge >= 0.3 is 6.03 Å². The van der Waals surface area contributed by atoms with Gasteiger partial charge < -0.3 is 16.0 Å². The van der Waals surface area contributed by atoms with E-state index < -0.39 is 17.8 Å². The van der Waals surface area contributed by atoms with E-state index in [0.717, 1.165) is 6.42 Å². The molecule has 120 valence electrons. The summed E-state index contributed by atoms with van der Waals surface area (Å²) < 4.78 is 13.4. The van der Waals surface area contributed by atoms with Gasteiger partial charge in [0.05, 0.1) is 12.2 Å². The maximum atomic E-state index is 13.4. The third-order valence-electron chi connectivity index (χ3n) is 3.18. The molecule has 0 saturated carbocycles. The van der Waals surface area contributed by atoms with E-state index >= 15 is 0 Å². The molecule has 2 rings (SSSR count). The fraction of sp³-hybridized carbons (Fsp3) is 0.176. The van der Waals surface area contributed by atoms with Crippen LogP contribution in [0.15, 0.2) is 48.5 Å². The topological polar surface area (TPSA) is 70.2 Å². The first-order valence-electron chi connectivity index (χ1n) is 7.26. The van der Waals surface area contributed by atoms with E-state index in [1.165, 1.54) is 23.8 Å². The summed E-state index contributed by atoms with van der Waals surface area (Å²) in [5, 5.41) is 7.42. The lowest BCUT2D eigenvalue weighted by Gasteiger charge is -2.09. The molecule has 0 atom stereocenters. The molecule has 0 aromatic heterocycles. The van der Waals surface area contributed by atoms with Crippen LogP contribution in [0.3, 0.4) is 0 Å². The maximum absolute atomic E-state index is 13.4. The molecule has 0 heterocycles. The number of aryl methyl sites for hydroxylation is 1. The summed E-state index contributed by atoms with van der Waals surface area (Å²) in [6.45, 7) is 1.79. The molecular formula is C17H18FN3O2. The number of hydrogen-bond acceptors (Lipinski definition) is 2. The van der Waals surface area contributed by atoms with Crippen molar-refractivity contribution in [3.8, 4) is 0 Å². The highest BCUT2D eigenvalue weighted by atomic mass is 19.1. The SMILES string of the molecule is CCc1ccc(NC(=O)NCC(=O)Nc2ccccc2F)cc1. The Bertz CT molecular complexity index is 686. The molecule has 0 saturated heterocycles. The number of anilines is 2. The quantitative estimate of drug-likeness (QED) is 0.793. The maximum Gasteiger partial charge on any atom is 0.319 e. The van der Waals surface area contributed by atoms with Gasteiger partial charge in [-0.15, -0.1) is 0 Å². The summed E-state index contributed by atoms with van der Waals surface area (Å²) in [6, 6.07) is 12.7. The Balaban J connectivity index is 1.79. The van der Waals surface area contributed by atoms with Crippen LogP contribution in [0.1, 0.15) is 12.5 Å². The van der Waals surface area contributed by atoms with Gasteiger partial charge in [-0.05, 0) is 36.2 Å². The molecule has 2 aromatic rings. The van der Waals surface area contributed by atoms with E-state index in [-0.39, 0.29) is 12.2 Å². The first kappa shape index (κ1) is 16.5. The molecule has 3 N–H and O–H groups in total. The number of urea groups is 1. The summed E-state index contributed by atoms with van der Waals surface area (Å²) in [5.41, 5.74) is 1.88. The van der Waals surface area contributed by atoms with E-state index in [0.29, 0.717) is 5.69 Å². The molecule has 0 bridgehead atoms. The lowest BCUT2D eigenvalue weighted by atomic mass is 10.1. The Hall–Kier alpha value is -2.89. The molecule has 0 spiro atoms. The number of benzene rings is 2. The van der Waals surface area contributed by atoms with E-state index in [9.17, 15) is 14.0 Å². The van der Waals surface area contributed by atoms with Gasteiger partial charge in [-0.2, -0.15) is 0 Å². The number of hydrogen-bond donors (Lipinski definition) is 3. The highest BCUT2D eigenvalue weighted by Gasteiger charge is 2.08. The lowest BCUT2D eigenvalue weighted by molar-refractivity contribution is -0.115. The average Bonchev–Trinajstić information content (AvgIpc) is 2.56. The van der Waals surface area contributed by atoms with Gasteiger partial charge in [0.1, 0.15) is 5.82 Å². The predicted molar refractivity (Wildman–Crippen MR) is 87.9 cm³/mol. The van der Waals surface area contributed by atoms with Crippen LogP contribution in [0.5, 0.6) is 0 Å². The van der Waals surface area contributed by atoms with Crippen molar-refractivity contribution in [1.29, 1.82) is 0 Å². The minimum absolute atomic E-state index is 0.0786. The van der Waals surface area contributed by atoms with Crippen LogP contribution < -0.4 is 16.0 Å². The zero-order valence-electron chi connectivity index (χ0n) is 12.7. The van der Waals surface area contributed by atoms with Crippen molar-refractivity contribution in [2.45, 2.75) is 13.3 Å². The van der Waals surface area contributed by atoms with Crippen LogP contribution in [0.2, 0.25) is 0 Å². The monoisotopic (exact) mass is 315 g/mol. The van der Waals surface area contributed by atoms with Crippen LogP contribution in [0.25, 0.3) is 0 Å². The first-order chi connectivity index (χ1) is 11.1. The van der Waals surface area contributed by atoms with Crippen molar-refractivity contribution in [1.82, 2.24) is 5.32 Å². The Morgan fingerprint density at radius 1 is 1.00 bits per heavy atom. The van der Waals surface area contributed by atoms with Crippen LogP contribution in [-0.4, -0.2) is 18.5 Å². The van der Waals surface area contributed by atoms with Crippen LogP contribution >= 0.6 is 0 Å². The molecular weight excluding hydrogens is 297 g/mol. The summed E-state index contributed by atoms with van der Waals surface area (Å²) in [7, 11) is 0. The first-order valence-corrected chi connectivity index (χ1v) is 7.26. The van der Waals surface area contributed by atoms with E-state index in [1.54, 1.807) is 18.2 Å². The normalized spacial score (nSPS) is 10.0. The molecule has 0 radical (unpaired) electrons. The Morgan fingerprint density at radius 2 is 1.70 bits per heavy atom. The minimum atomic E-state index is -0.527. The Labute approximate surface area is 133 Å². The zero-order valence-corrected chi connectivity index (χ0v) is 12.7. The zero-order chi connectivity index (χ0) is 16.7. The van der Waals surface area contributed by atoms with Gasteiger partial charge in [0.15, 0.2) is 0 Å². The standard InChI is InChI=1S/C17H18FN3O2/c1-2-12-7-9-13(10-8-12)20-17(23)19-11-16(22)21-15-6-4-3-5-14(15)18/h3-10H,2,11H2,1H3,(H,21,22)(H2,19,20,23). The van der Waals surface area contributed by atoms with E-state index in [4.69, 9.17) is 0 Å². The largest absolute Gasteiger partial charge is 0.329 e. The predicted octanol–water partition coefficient (Wildman–Crippen LogP) is 3.15. The molecule has 5 nitrogen and oxygen atoms in total. The minimum Gasteiger partial charge on any atom is -0.329 e. The van der Waals surface area contributed by atoms with Crippen molar-refractivity contribution in [2.24, 2.45) is 0 Å². The highest BCUT2D eigenvalue weighted by molar-refractivity contribution is 5.96. The Morgan fingerprint density at radius 3 is 2.35 bits per heavy atom. The van der Waals surface area contributed by atoms with Gasteiger partial charge in [0.25, 0.3) is 0 Å². The van der Waals surface area contributed by atoms with Crippen LogP contribution in [-0.2, 0) is 11.2 Å². The van der Waals surface area contributed by atoms with Crippen molar-refractivity contribution in [2.75, 3.05) is 17.2 Å². The van der Waals surface area contributed by atoms with Crippen molar-refractivity contribution in [3.63, 3.8) is 0 Å². The van der Waals surface area contributed by atoms with Crippen molar-refractivity contribution in [3.05, 3.63) is 59.9 Å². The average molecular weight is 315 g/mol. The second-order valence-corrected chi connectivity index (χ2v) is 4.89. The number of nitrogens with one attached hydrogen (secondary N) is 3. The Kier molecular flexibility index (Phi) is 5.68. The summed E-state index contributed by atoms with van der Waals surface area (Å²) in [4.78, 5) is 23.4. The van der Waals surface area contributed by atoms with Crippen LogP contribution in [0.4, 0.5) is 20.6 Å².